The fourth-order valence-electron chi connectivity index (χ4n) is 3.05. The number of aromatic nitrogens is 3. The van der Waals surface area contributed by atoms with Crippen LogP contribution in [0.3, 0.4) is 0 Å². The molecule has 1 aliphatic heterocycles. The van der Waals surface area contributed by atoms with E-state index in [1.165, 1.54) is 16.4 Å². The number of morpholine rings is 1. The van der Waals surface area contributed by atoms with Crippen molar-refractivity contribution >= 4 is 49.2 Å². The first-order valence-electron chi connectivity index (χ1n) is 7.46. The van der Waals surface area contributed by atoms with E-state index in [0.29, 0.717) is 24.2 Å². The van der Waals surface area contributed by atoms with Gasteiger partial charge in [-0.3, -0.25) is 0 Å². The molecular formula is C15H15ClN4O3S. The van der Waals surface area contributed by atoms with Crippen LogP contribution in [0.1, 0.15) is 0 Å². The predicted octanol–water partition coefficient (Wildman–Crippen LogP) is 1.88. The quantitative estimate of drug-likeness (QED) is 0.644. The third kappa shape index (κ3) is 2.51. The molecule has 1 saturated heterocycles. The SMILES string of the molecule is CS(=O)(=O)n1ccc2c3nc(Cl)nc(N4CCOCC4)c3ccc21. The molecular weight excluding hydrogens is 352 g/mol. The van der Waals surface area contributed by atoms with Gasteiger partial charge in [0, 0.05) is 30.1 Å². The topological polar surface area (TPSA) is 77.3 Å². The van der Waals surface area contributed by atoms with Crippen LogP contribution >= 0.6 is 11.6 Å². The Morgan fingerprint density at radius 1 is 1.12 bits per heavy atom. The molecule has 0 radical (unpaired) electrons. The van der Waals surface area contributed by atoms with Crippen LogP contribution in [0.25, 0.3) is 21.8 Å². The van der Waals surface area contributed by atoms with E-state index in [1.807, 2.05) is 6.07 Å². The Morgan fingerprint density at radius 2 is 1.88 bits per heavy atom. The summed E-state index contributed by atoms with van der Waals surface area (Å²) in [6.07, 6.45) is 2.70. The summed E-state index contributed by atoms with van der Waals surface area (Å²) in [6, 6.07) is 5.37. The van der Waals surface area contributed by atoms with Gasteiger partial charge in [0.1, 0.15) is 5.82 Å². The first-order chi connectivity index (χ1) is 11.4. The van der Waals surface area contributed by atoms with Crippen LogP contribution in [0, 0.1) is 0 Å². The highest BCUT2D eigenvalue weighted by molar-refractivity contribution is 7.89. The van der Waals surface area contributed by atoms with Crippen molar-refractivity contribution in [3.63, 3.8) is 0 Å². The van der Waals surface area contributed by atoms with Crippen LogP contribution in [0.15, 0.2) is 24.4 Å². The summed E-state index contributed by atoms with van der Waals surface area (Å²) in [5, 5.41) is 1.72. The second-order valence-corrected chi connectivity index (χ2v) is 7.88. The fraction of sp³-hybridized carbons (Fsp3) is 0.333. The van der Waals surface area contributed by atoms with Gasteiger partial charge in [-0.15, -0.1) is 0 Å². The van der Waals surface area contributed by atoms with Gasteiger partial charge in [-0.05, 0) is 29.8 Å². The number of nitrogens with zero attached hydrogens (tertiary/aromatic N) is 4. The molecule has 1 aromatic carbocycles. The van der Waals surface area contributed by atoms with E-state index in [-0.39, 0.29) is 5.28 Å². The van der Waals surface area contributed by atoms with Crippen LogP contribution in [-0.4, -0.2) is 54.9 Å². The second kappa shape index (κ2) is 5.58. The highest BCUT2D eigenvalue weighted by Gasteiger charge is 2.20. The van der Waals surface area contributed by atoms with Gasteiger partial charge in [0.05, 0.1) is 30.5 Å². The Labute approximate surface area is 143 Å². The van der Waals surface area contributed by atoms with Crippen molar-refractivity contribution in [2.45, 2.75) is 0 Å². The van der Waals surface area contributed by atoms with Crippen LogP contribution in [-0.2, 0) is 14.8 Å². The van der Waals surface area contributed by atoms with Gasteiger partial charge >= 0.3 is 0 Å². The molecule has 0 N–H and O–H groups in total. The number of ether oxygens (including phenoxy) is 1. The lowest BCUT2D eigenvalue weighted by Gasteiger charge is -2.28. The van der Waals surface area contributed by atoms with E-state index in [9.17, 15) is 8.42 Å². The maximum Gasteiger partial charge on any atom is 0.236 e. The number of hydrogen-bond donors (Lipinski definition) is 0. The summed E-state index contributed by atoms with van der Waals surface area (Å²) in [5.74, 6) is 0.752. The number of rotatable bonds is 2. The minimum Gasteiger partial charge on any atom is -0.378 e. The first kappa shape index (κ1) is 15.6. The van der Waals surface area contributed by atoms with Gasteiger partial charge in [0.25, 0.3) is 0 Å². The third-order valence-corrected chi connectivity index (χ3v) is 5.32. The van der Waals surface area contributed by atoms with Gasteiger partial charge in [0.15, 0.2) is 0 Å². The first-order valence-corrected chi connectivity index (χ1v) is 9.68. The van der Waals surface area contributed by atoms with Crippen LogP contribution in [0.5, 0.6) is 0 Å². The molecule has 0 atom stereocenters. The number of hydrogen-bond acceptors (Lipinski definition) is 6. The van der Waals surface area contributed by atoms with Gasteiger partial charge in [0.2, 0.25) is 15.3 Å². The van der Waals surface area contributed by atoms with E-state index in [1.54, 1.807) is 12.1 Å². The summed E-state index contributed by atoms with van der Waals surface area (Å²) in [7, 11) is -3.38. The Hall–Kier alpha value is -1.90. The van der Waals surface area contributed by atoms with Crippen LogP contribution < -0.4 is 4.90 Å². The molecule has 0 bridgehead atoms. The highest BCUT2D eigenvalue weighted by atomic mass is 35.5. The summed E-state index contributed by atoms with van der Waals surface area (Å²) < 4.78 is 30.4. The molecule has 9 heteroatoms. The normalized spacial score (nSPS) is 16.2. The van der Waals surface area contributed by atoms with E-state index >= 15 is 0 Å². The van der Waals surface area contributed by atoms with Crippen molar-refractivity contribution in [2.24, 2.45) is 0 Å². The van der Waals surface area contributed by atoms with Crippen molar-refractivity contribution < 1.29 is 13.2 Å². The molecule has 0 amide bonds. The second-order valence-electron chi connectivity index (χ2n) is 5.68. The zero-order valence-electron chi connectivity index (χ0n) is 12.9. The van der Waals surface area contributed by atoms with Crippen LogP contribution in [0.2, 0.25) is 5.28 Å². The molecule has 0 unspecified atom stereocenters. The van der Waals surface area contributed by atoms with Crippen molar-refractivity contribution in [3.05, 3.63) is 29.7 Å². The average Bonchev–Trinajstić information content (AvgIpc) is 2.99. The van der Waals surface area contributed by atoms with Gasteiger partial charge in [-0.25, -0.2) is 17.4 Å². The van der Waals surface area contributed by atoms with Gasteiger partial charge in [-0.2, -0.15) is 4.98 Å². The third-order valence-electron chi connectivity index (χ3n) is 4.12. The fourth-order valence-corrected chi connectivity index (χ4v) is 4.01. The minimum absolute atomic E-state index is 0.142. The summed E-state index contributed by atoms with van der Waals surface area (Å²) in [5.41, 5.74) is 1.23. The van der Waals surface area contributed by atoms with Crippen molar-refractivity contribution in [2.75, 3.05) is 37.5 Å². The number of benzene rings is 1. The highest BCUT2D eigenvalue weighted by Crippen LogP contribution is 2.32. The minimum atomic E-state index is -3.38. The Morgan fingerprint density at radius 3 is 2.58 bits per heavy atom. The molecule has 1 aliphatic rings. The summed E-state index contributed by atoms with van der Waals surface area (Å²) in [6.45, 7) is 2.72. The predicted molar refractivity (Wildman–Crippen MR) is 93.3 cm³/mol. The monoisotopic (exact) mass is 366 g/mol. The molecule has 1 fully saturated rings. The molecule has 0 aliphatic carbocycles. The number of fused-ring (bicyclic) bond motifs is 3. The number of halogens is 1. The summed E-state index contributed by atoms with van der Waals surface area (Å²) >= 11 is 6.13. The molecule has 3 heterocycles. The maximum absolute atomic E-state index is 11.9. The van der Waals surface area contributed by atoms with Gasteiger partial charge in [-0.1, -0.05) is 0 Å². The summed E-state index contributed by atoms with van der Waals surface area (Å²) in [4.78, 5) is 10.8. The van der Waals surface area contributed by atoms with E-state index in [2.05, 4.69) is 14.9 Å². The molecule has 4 rings (SSSR count). The lowest BCUT2D eigenvalue weighted by Crippen LogP contribution is -2.37. The van der Waals surface area contributed by atoms with E-state index in [4.69, 9.17) is 16.3 Å². The molecule has 2 aromatic heterocycles. The maximum atomic E-state index is 11.9. The smallest absolute Gasteiger partial charge is 0.236 e. The van der Waals surface area contributed by atoms with E-state index in [0.717, 1.165) is 29.7 Å². The van der Waals surface area contributed by atoms with Gasteiger partial charge < -0.3 is 9.64 Å². The van der Waals surface area contributed by atoms with E-state index < -0.39 is 10.0 Å². The van der Waals surface area contributed by atoms with Crippen molar-refractivity contribution in [1.82, 2.24) is 13.9 Å². The standard InChI is InChI=1S/C15H15ClN4O3S/c1-24(21,22)20-5-4-10-12(20)3-2-11-13(10)17-15(16)18-14(11)19-6-8-23-9-7-19/h2-5H,6-9H2,1H3. The van der Waals surface area contributed by atoms with Crippen molar-refractivity contribution in [1.29, 1.82) is 0 Å². The largest absolute Gasteiger partial charge is 0.378 e. The zero-order valence-corrected chi connectivity index (χ0v) is 14.5. The Balaban J connectivity index is 2.00. The molecule has 0 saturated carbocycles. The lowest BCUT2D eigenvalue weighted by molar-refractivity contribution is 0.122. The Kier molecular flexibility index (Phi) is 3.63. The Bertz CT molecular complexity index is 1040. The molecule has 24 heavy (non-hydrogen) atoms. The lowest BCUT2D eigenvalue weighted by atomic mass is 10.1. The van der Waals surface area contributed by atoms with Crippen molar-refractivity contribution in [3.8, 4) is 0 Å². The average molecular weight is 367 g/mol. The molecule has 7 nitrogen and oxygen atoms in total. The molecule has 3 aromatic rings. The molecule has 0 spiro atoms. The molecule has 126 valence electrons. The number of anilines is 1. The zero-order chi connectivity index (χ0) is 16.9. The van der Waals surface area contributed by atoms with Crippen LogP contribution in [0.4, 0.5) is 5.82 Å².